The van der Waals surface area contributed by atoms with E-state index in [-0.39, 0.29) is 12.0 Å². The van der Waals surface area contributed by atoms with Crippen LogP contribution in [0.1, 0.15) is 28.9 Å². The molecule has 6 nitrogen and oxygen atoms in total. The highest BCUT2D eigenvalue weighted by atomic mass is 16.5. The number of amides is 1. The summed E-state index contributed by atoms with van der Waals surface area (Å²) >= 11 is 0. The Morgan fingerprint density at radius 3 is 2.92 bits per heavy atom. The number of carbonyl (C=O) groups excluding carboxylic acids is 1. The SMILES string of the molecule is Cc1cc2ncc(C(=O)Nc3cccc(OC4CCNCC4)c3)cc2[nH]1. The van der Waals surface area contributed by atoms with Crippen LogP contribution < -0.4 is 15.4 Å². The maximum atomic E-state index is 12.6. The van der Waals surface area contributed by atoms with Crippen LogP contribution in [-0.2, 0) is 0 Å². The summed E-state index contributed by atoms with van der Waals surface area (Å²) in [5.41, 5.74) is 3.97. The van der Waals surface area contributed by atoms with E-state index in [1.54, 1.807) is 6.20 Å². The first-order chi connectivity index (χ1) is 12.7. The van der Waals surface area contributed by atoms with Crippen molar-refractivity contribution in [1.29, 1.82) is 0 Å². The lowest BCUT2D eigenvalue weighted by molar-refractivity contribution is 0.102. The normalized spacial score (nSPS) is 15.1. The van der Waals surface area contributed by atoms with Gasteiger partial charge in [-0.05, 0) is 57.1 Å². The number of aromatic amines is 1. The molecule has 2 aromatic heterocycles. The fourth-order valence-corrected chi connectivity index (χ4v) is 3.22. The number of aromatic nitrogens is 2. The number of benzene rings is 1. The number of hydrogen-bond donors (Lipinski definition) is 3. The third-order valence-corrected chi connectivity index (χ3v) is 4.55. The molecule has 0 unspecified atom stereocenters. The molecule has 3 heterocycles. The lowest BCUT2D eigenvalue weighted by atomic mass is 10.1. The van der Waals surface area contributed by atoms with Gasteiger partial charge in [0.25, 0.3) is 5.91 Å². The molecule has 0 atom stereocenters. The minimum atomic E-state index is -0.189. The Hall–Kier alpha value is -2.86. The number of nitrogens with zero attached hydrogens (tertiary/aromatic N) is 1. The van der Waals surface area contributed by atoms with E-state index >= 15 is 0 Å². The summed E-state index contributed by atoms with van der Waals surface area (Å²) < 4.78 is 6.04. The van der Waals surface area contributed by atoms with E-state index in [4.69, 9.17) is 4.74 Å². The van der Waals surface area contributed by atoms with Crippen LogP contribution in [0.5, 0.6) is 5.75 Å². The van der Waals surface area contributed by atoms with Gasteiger partial charge in [0, 0.05) is 23.6 Å². The number of fused-ring (bicyclic) bond motifs is 1. The predicted molar refractivity (Wildman–Crippen MR) is 102 cm³/mol. The van der Waals surface area contributed by atoms with Crippen molar-refractivity contribution in [2.75, 3.05) is 18.4 Å². The van der Waals surface area contributed by atoms with E-state index in [1.165, 1.54) is 0 Å². The molecule has 1 amide bonds. The smallest absolute Gasteiger partial charge is 0.257 e. The molecule has 26 heavy (non-hydrogen) atoms. The Labute approximate surface area is 152 Å². The number of hydrogen-bond acceptors (Lipinski definition) is 4. The lowest BCUT2D eigenvalue weighted by Gasteiger charge is -2.24. The summed E-state index contributed by atoms with van der Waals surface area (Å²) in [6.45, 7) is 3.93. The second kappa shape index (κ2) is 7.17. The molecule has 1 aliphatic heterocycles. The molecule has 0 spiro atoms. The first kappa shape index (κ1) is 16.6. The summed E-state index contributed by atoms with van der Waals surface area (Å²) in [7, 11) is 0. The number of pyridine rings is 1. The molecular formula is C20H22N4O2. The van der Waals surface area contributed by atoms with Gasteiger partial charge in [-0.3, -0.25) is 9.78 Å². The van der Waals surface area contributed by atoms with Gasteiger partial charge in [0.05, 0.1) is 16.6 Å². The Morgan fingerprint density at radius 2 is 2.08 bits per heavy atom. The van der Waals surface area contributed by atoms with Gasteiger partial charge in [-0.25, -0.2) is 0 Å². The largest absolute Gasteiger partial charge is 0.490 e. The quantitative estimate of drug-likeness (QED) is 0.675. The summed E-state index contributed by atoms with van der Waals surface area (Å²) in [6, 6.07) is 11.3. The molecule has 0 saturated carbocycles. The minimum Gasteiger partial charge on any atom is -0.490 e. The highest BCUT2D eigenvalue weighted by Crippen LogP contribution is 2.22. The third kappa shape index (κ3) is 3.70. The van der Waals surface area contributed by atoms with Gasteiger partial charge in [0.15, 0.2) is 0 Å². The van der Waals surface area contributed by atoms with E-state index in [0.717, 1.165) is 48.4 Å². The van der Waals surface area contributed by atoms with Gasteiger partial charge in [-0.1, -0.05) is 6.07 Å². The monoisotopic (exact) mass is 350 g/mol. The molecule has 3 N–H and O–H groups in total. The van der Waals surface area contributed by atoms with E-state index in [0.29, 0.717) is 11.3 Å². The third-order valence-electron chi connectivity index (χ3n) is 4.55. The summed E-state index contributed by atoms with van der Waals surface area (Å²) in [5.74, 6) is 0.592. The average Bonchev–Trinajstić information content (AvgIpc) is 3.02. The van der Waals surface area contributed by atoms with Gasteiger partial charge in [0.1, 0.15) is 11.9 Å². The maximum Gasteiger partial charge on any atom is 0.257 e. The van der Waals surface area contributed by atoms with Crippen molar-refractivity contribution < 1.29 is 9.53 Å². The van der Waals surface area contributed by atoms with Crippen LogP contribution in [-0.4, -0.2) is 35.1 Å². The van der Waals surface area contributed by atoms with E-state index in [1.807, 2.05) is 43.3 Å². The van der Waals surface area contributed by atoms with Crippen LogP contribution in [0.3, 0.4) is 0 Å². The maximum absolute atomic E-state index is 12.6. The zero-order valence-electron chi connectivity index (χ0n) is 14.7. The Bertz CT molecular complexity index is 928. The van der Waals surface area contributed by atoms with Gasteiger partial charge >= 0.3 is 0 Å². The van der Waals surface area contributed by atoms with Crippen LogP contribution in [0, 0.1) is 6.92 Å². The van der Waals surface area contributed by atoms with Crippen molar-refractivity contribution in [3.8, 4) is 5.75 Å². The van der Waals surface area contributed by atoms with Gasteiger partial charge in [-0.2, -0.15) is 0 Å². The Morgan fingerprint density at radius 1 is 1.23 bits per heavy atom. The van der Waals surface area contributed by atoms with Crippen LogP contribution in [0.25, 0.3) is 11.0 Å². The lowest BCUT2D eigenvalue weighted by Crippen LogP contribution is -2.34. The number of piperidine rings is 1. The molecule has 6 heteroatoms. The number of carbonyl (C=O) groups is 1. The molecule has 1 fully saturated rings. The van der Waals surface area contributed by atoms with Crippen LogP contribution in [0.15, 0.2) is 42.6 Å². The highest BCUT2D eigenvalue weighted by molar-refractivity contribution is 6.05. The first-order valence-corrected chi connectivity index (χ1v) is 8.91. The van der Waals surface area contributed by atoms with Gasteiger partial charge in [0.2, 0.25) is 0 Å². The molecule has 1 aromatic carbocycles. The van der Waals surface area contributed by atoms with Crippen molar-refractivity contribution in [2.45, 2.75) is 25.9 Å². The van der Waals surface area contributed by atoms with Crippen molar-refractivity contribution in [1.82, 2.24) is 15.3 Å². The fraction of sp³-hybridized carbons (Fsp3) is 0.300. The molecule has 4 rings (SSSR count). The number of rotatable bonds is 4. The second-order valence-corrected chi connectivity index (χ2v) is 6.66. The van der Waals surface area contributed by atoms with Crippen LogP contribution >= 0.6 is 0 Å². The van der Waals surface area contributed by atoms with Gasteiger partial charge < -0.3 is 20.4 Å². The predicted octanol–water partition coefficient (Wildman–Crippen LogP) is 3.25. The zero-order chi connectivity index (χ0) is 17.9. The van der Waals surface area contributed by atoms with Crippen molar-refractivity contribution in [3.63, 3.8) is 0 Å². The van der Waals surface area contributed by atoms with Crippen LogP contribution in [0.4, 0.5) is 5.69 Å². The van der Waals surface area contributed by atoms with Crippen molar-refractivity contribution in [3.05, 3.63) is 53.9 Å². The molecular weight excluding hydrogens is 328 g/mol. The molecule has 134 valence electrons. The number of nitrogens with one attached hydrogen (secondary N) is 3. The number of H-pyrrole nitrogens is 1. The summed E-state index contributed by atoms with van der Waals surface area (Å²) in [6.07, 6.45) is 3.82. The number of aryl methyl sites for hydroxylation is 1. The number of ether oxygens (including phenoxy) is 1. The summed E-state index contributed by atoms with van der Waals surface area (Å²) in [5, 5.41) is 6.25. The van der Waals surface area contributed by atoms with E-state index < -0.39 is 0 Å². The molecule has 1 saturated heterocycles. The topological polar surface area (TPSA) is 79.0 Å². The molecule has 1 aliphatic rings. The first-order valence-electron chi connectivity index (χ1n) is 8.91. The summed E-state index contributed by atoms with van der Waals surface area (Å²) in [4.78, 5) is 20.1. The highest BCUT2D eigenvalue weighted by Gasteiger charge is 2.15. The zero-order valence-corrected chi connectivity index (χ0v) is 14.7. The minimum absolute atomic E-state index is 0.189. The standard InChI is InChI=1S/C20H22N4O2/c1-13-9-18-19(23-13)10-14(12-22-18)20(25)24-15-3-2-4-17(11-15)26-16-5-7-21-8-6-16/h2-4,9-12,16,21,23H,5-8H2,1H3,(H,24,25). The van der Waals surface area contributed by atoms with E-state index in [2.05, 4.69) is 20.6 Å². The molecule has 0 bridgehead atoms. The second-order valence-electron chi connectivity index (χ2n) is 6.66. The van der Waals surface area contributed by atoms with E-state index in [9.17, 15) is 4.79 Å². The van der Waals surface area contributed by atoms with Crippen molar-refractivity contribution in [2.24, 2.45) is 0 Å². The van der Waals surface area contributed by atoms with Crippen molar-refractivity contribution >= 4 is 22.6 Å². The molecule has 3 aromatic rings. The molecule has 0 aliphatic carbocycles. The fourth-order valence-electron chi connectivity index (χ4n) is 3.22. The average molecular weight is 350 g/mol. The van der Waals surface area contributed by atoms with Gasteiger partial charge in [-0.15, -0.1) is 0 Å². The Balaban J connectivity index is 1.46. The number of anilines is 1. The Kier molecular flexibility index (Phi) is 4.58. The molecule has 0 radical (unpaired) electrons. The van der Waals surface area contributed by atoms with Crippen LogP contribution in [0.2, 0.25) is 0 Å².